The largest absolute Gasteiger partial charge is 0.504 e. The number of fused-ring (bicyclic) bond motifs is 1. The predicted molar refractivity (Wildman–Crippen MR) is 124 cm³/mol. The smallest absolute Gasteiger partial charge is 0.211 e. The second-order valence-electron chi connectivity index (χ2n) is 6.93. The summed E-state index contributed by atoms with van der Waals surface area (Å²) in [5.74, 6) is -0.857. The van der Waals surface area contributed by atoms with Crippen LogP contribution in [0.1, 0.15) is 5.56 Å². The zero-order chi connectivity index (χ0) is 22.1. The lowest BCUT2D eigenvalue weighted by Gasteiger charge is -2.04. The molecule has 0 bridgehead atoms. The summed E-state index contributed by atoms with van der Waals surface area (Å²) in [4.78, 5) is 5.27. The van der Waals surface area contributed by atoms with Gasteiger partial charge >= 0.3 is 0 Å². The summed E-state index contributed by atoms with van der Waals surface area (Å²) in [5.41, 5.74) is 2.44. The van der Waals surface area contributed by atoms with E-state index in [9.17, 15) is 15.3 Å². The first-order chi connectivity index (χ1) is 15.6. The van der Waals surface area contributed by atoms with Gasteiger partial charge in [0.25, 0.3) is 0 Å². The van der Waals surface area contributed by atoms with Crippen molar-refractivity contribution in [3.8, 4) is 28.7 Å². The van der Waals surface area contributed by atoms with Gasteiger partial charge in [-0.1, -0.05) is 36.4 Å². The maximum Gasteiger partial charge on any atom is 0.211 e. The van der Waals surface area contributed by atoms with Gasteiger partial charge in [-0.25, -0.2) is 9.67 Å². The van der Waals surface area contributed by atoms with E-state index in [1.165, 1.54) is 29.7 Å². The van der Waals surface area contributed by atoms with Crippen molar-refractivity contribution >= 4 is 34.2 Å². The fraction of sp³-hybridized carbons (Fsp3) is 0. The number of furan rings is 1. The molecule has 0 saturated heterocycles. The van der Waals surface area contributed by atoms with E-state index in [4.69, 9.17) is 4.42 Å². The Bertz CT molecular complexity index is 1480. The SMILES string of the molecule is Oc1ccc(C=Nn2c(-c3cc4ccccc4o3)csc2=Nc2ccccc2)c(O)c1O. The van der Waals surface area contributed by atoms with E-state index in [-0.39, 0.29) is 5.56 Å². The fourth-order valence-electron chi connectivity index (χ4n) is 3.19. The van der Waals surface area contributed by atoms with Gasteiger partial charge in [0.05, 0.1) is 11.9 Å². The number of aromatic hydroxyl groups is 3. The molecule has 2 heterocycles. The predicted octanol–water partition coefficient (Wildman–Crippen LogP) is 5.19. The van der Waals surface area contributed by atoms with Crippen molar-refractivity contribution in [1.82, 2.24) is 4.68 Å². The summed E-state index contributed by atoms with van der Waals surface area (Å²) in [6.07, 6.45) is 1.39. The molecule has 0 aliphatic heterocycles. The second kappa shape index (κ2) is 8.09. The van der Waals surface area contributed by atoms with Gasteiger partial charge in [-0.2, -0.15) is 5.10 Å². The van der Waals surface area contributed by atoms with Crippen LogP contribution >= 0.6 is 11.3 Å². The number of aromatic nitrogens is 1. The molecule has 3 N–H and O–H groups in total. The lowest BCUT2D eigenvalue weighted by atomic mass is 10.2. The zero-order valence-electron chi connectivity index (χ0n) is 16.6. The highest BCUT2D eigenvalue weighted by Crippen LogP contribution is 2.36. The molecule has 0 radical (unpaired) electrons. The Labute approximate surface area is 186 Å². The van der Waals surface area contributed by atoms with E-state index in [0.717, 1.165) is 16.7 Å². The number of phenolic OH excluding ortho intramolecular Hbond substituents is 3. The maximum atomic E-state index is 10.1. The van der Waals surface area contributed by atoms with Crippen molar-refractivity contribution < 1.29 is 19.7 Å². The van der Waals surface area contributed by atoms with Crippen LogP contribution in [0.15, 0.2) is 92.7 Å². The van der Waals surface area contributed by atoms with Crippen molar-refractivity contribution in [3.05, 3.63) is 88.5 Å². The van der Waals surface area contributed by atoms with Gasteiger partial charge in [0, 0.05) is 16.3 Å². The fourth-order valence-corrected chi connectivity index (χ4v) is 4.03. The Morgan fingerprint density at radius 2 is 1.66 bits per heavy atom. The van der Waals surface area contributed by atoms with Crippen LogP contribution in [0.2, 0.25) is 0 Å². The van der Waals surface area contributed by atoms with E-state index in [0.29, 0.717) is 16.3 Å². The number of phenols is 3. The van der Waals surface area contributed by atoms with Gasteiger partial charge in [-0.3, -0.25) is 0 Å². The van der Waals surface area contributed by atoms with E-state index in [2.05, 4.69) is 10.1 Å². The number of hydrogen-bond donors (Lipinski definition) is 3. The summed E-state index contributed by atoms with van der Waals surface area (Å²) >= 11 is 1.39. The second-order valence-corrected chi connectivity index (χ2v) is 7.76. The lowest BCUT2D eigenvalue weighted by molar-refractivity contribution is 0.367. The molecule has 32 heavy (non-hydrogen) atoms. The molecular formula is C24H17N3O4S. The van der Waals surface area contributed by atoms with Gasteiger partial charge in [-0.15, -0.1) is 11.3 Å². The standard InChI is InChI=1S/C24H17N3O4S/c28-19-11-10-16(22(29)23(19)30)13-25-27-18(21-12-15-6-4-5-9-20(15)31-21)14-32-24(27)26-17-7-2-1-3-8-17/h1-14,28-30H. The van der Waals surface area contributed by atoms with E-state index >= 15 is 0 Å². The van der Waals surface area contributed by atoms with E-state index in [1.807, 2.05) is 66.0 Å². The molecule has 5 aromatic rings. The first-order valence-corrected chi connectivity index (χ1v) is 10.6. The van der Waals surface area contributed by atoms with Crippen LogP contribution in [0.5, 0.6) is 17.2 Å². The maximum absolute atomic E-state index is 10.1. The average Bonchev–Trinajstić information content (AvgIpc) is 3.41. The Kier molecular flexibility index (Phi) is 4.97. The van der Waals surface area contributed by atoms with Gasteiger partial charge in [0.15, 0.2) is 17.3 Å². The molecule has 0 aliphatic carbocycles. The number of thiazole rings is 1. The van der Waals surface area contributed by atoms with Crippen molar-refractivity contribution in [3.63, 3.8) is 0 Å². The molecule has 3 aromatic carbocycles. The van der Waals surface area contributed by atoms with Gasteiger partial charge in [0.2, 0.25) is 10.6 Å². The lowest BCUT2D eigenvalue weighted by Crippen LogP contribution is -2.11. The first-order valence-electron chi connectivity index (χ1n) is 9.67. The molecule has 0 atom stereocenters. The molecule has 7 nitrogen and oxygen atoms in total. The van der Waals surface area contributed by atoms with Gasteiger partial charge < -0.3 is 19.7 Å². The minimum atomic E-state index is -0.601. The van der Waals surface area contributed by atoms with Crippen molar-refractivity contribution in [1.29, 1.82) is 0 Å². The van der Waals surface area contributed by atoms with Crippen LogP contribution in [0.4, 0.5) is 5.69 Å². The molecule has 2 aromatic heterocycles. The highest BCUT2D eigenvalue weighted by molar-refractivity contribution is 7.07. The number of para-hydroxylation sites is 2. The number of rotatable bonds is 4. The quantitative estimate of drug-likeness (QED) is 0.262. The van der Waals surface area contributed by atoms with E-state index in [1.54, 1.807) is 4.68 Å². The molecule has 158 valence electrons. The third-order valence-corrected chi connectivity index (χ3v) is 5.63. The monoisotopic (exact) mass is 443 g/mol. The zero-order valence-corrected chi connectivity index (χ0v) is 17.4. The van der Waals surface area contributed by atoms with Crippen molar-refractivity contribution in [2.45, 2.75) is 0 Å². The summed E-state index contributed by atoms with van der Waals surface area (Å²) in [7, 11) is 0. The van der Waals surface area contributed by atoms with Crippen LogP contribution in [-0.2, 0) is 0 Å². The normalized spacial score (nSPS) is 12.2. The van der Waals surface area contributed by atoms with Crippen LogP contribution in [-0.4, -0.2) is 26.2 Å². The van der Waals surface area contributed by atoms with Gasteiger partial charge in [-0.05, 0) is 36.4 Å². The molecule has 0 saturated carbocycles. The Morgan fingerprint density at radius 1 is 0.875 bits per heavy atom. The summed E-state index contributed by atoms with van der Waals surface area (Å²) in [5, 5.41) is 36.9. The molecule has 0 spiro atoms. The number of hydrogen-bond acceptors (Lipinski definition) is 7. The molecule has 0 fully saturated rings. The summed E-state index contributed by atoms with van der Waals surface area (Å²) in [6.45, 7) is 0. The number of nitrogens with zero attached hydrogens (tertiary/aromatic N) is 3. The van der Waals surface area contributed by atoms with Crippen LogP contribution in [0, 0.1) is 0 Å². The molecule has 0 unspecified atom stereocenters. The topological polar surface area (TPSA) is 103 Å². The molecule has 5 rings (SSSR count). The van der Waals surface area contributed by atoms with Crippen molar-refractivity contribution in [2.75, 3.05) is 0 Å². The van der Waals surface area contributed by atoms with E-state index < -0.39 is 17.2 Å². The molecule has 0 amide bonds. The first kappa shape index (κ1) is 19.7. The Morgan fingerprint density at radius 3 is 2.47 bits per heavy atom. The average molecular weight is 443 g/mol. The summed E-state index contributed by atoms with van der Waals surface area (Å²) in [6, 6.07) is 21.9. The number of benzene rings is 3. The van der Waals surface area contributed by atoms with Crippen molar-refractivity contribution in [2.24, 2.45) is 10.1 Å². The van der Waals surface area contributed by atoms with Gasteiger partial charge in [0.1, 0.15) is 11.3 Å². The molecule has 0 aliphatic rings. The highest BCUT2D eigenvalue weighted by atomic mass is 32.1. The minimum Gasteiger partial charge on any atom is -0.504 e. The van der Waals surface area contributed by atoms with Crippen LogP contribution in [0.3, 0.4) is 0 Å². The molecular weight excluding hydrogens is 426 g/mol. The summed E-state index contributed by atoms with van der Waals surface area (Å²) < 4.78 is 7.63. The van der Waals surface area contributed by atoms with Crippen LogP contribution < -0.4 is 4.80 Å². The molecule has 8 heteroatoms. The Balaban J connectivity index is 1.67. The third kappa shape index (κ3) is 3.63. The minimum absolute atomic E-state index is 0.236. The highest BCUT2D eigenvalue weighted by Gasteiger charge is 2.14. The Hall–Kier alpha value is -4.30. The van der Waals surface area contributed by atoms with Crippen LogP contribution in [0.25, 0.3) is 22.4 Å². The third-order valence-electron chi connectivity index (χ3n) is 4.82.